The first kappa shape index (κ1) is 20.9. The molecule has 1 amide bonds. The van der Waals surface area contributed by atoms with Gasteiger partial charge in [0.2, 0.25) is 5.91 Å². The van der Waals surface area contributed by atoms with Gasteiger partial charge in [-0.25, -0.2) is 0 Å². The minimum Gasteiger partial charge on any atom is -0.379 e. The van der Waals surface area contributed by atoms with Crippen LogP contribution in [0.2, 0.25) is 0 Å². The van der Waals surface area contributed by atoms with Crippen LogP contribution in [0.25, 0.3) is 0 Å². The molecule has 6 heteroatoms. The molecule has 1 aromatic rings. The first-order valence-electron chi connectivity index (χ1n) is 8.48. The number of hydrogen-bond acceptors (Lipinski definition) is 4. The molecule has 2 rings (SSSR count). The summed E-state index contributed by atoms with van der Waals surface area (Å²) in [6.07, 6.45) is 2.78. The molecule has 1 aliphatic heterocycles. The molecular weight excluding hydrogens is 328 g/mol. The molecule has 1 aliphatic rings. The van der Waals surface area contributed by atoms with Crippen LogP contribution in [-0.2, 0) is 20.9 Å². The molecule has 0 spiro atoms. The fourth-order valence-electron chi connectivity index (χ4n) is 2.78. The van der Waals surface area contributed by atoms with Gasteiger partial charge in [-0.3, -0.25) is 4.79 Å². The highest BCUT2D eigenvalue weighted by Crippen LogP contribution is 2.20. The van der Waals surface area contributed by atoms with Crippen molar-refractivity contribution in [3.8, 4) is 0 Å². The van der Waals surface area contributed by atoms with Crippen molar-refractivity contribution >= 4 is 24.0 Å². The lowest BCUT2D eigenvalue weighted by molar-refractivity contribution is -0.116. The molecule has 0 saturated carbocycles. The zero-order chi connectivity index (χ0) is 16.5. The van der Waals surface area contributed by atoms with Gasteiger partial charge in [-0.1, -0.05) is 12.1 Å². The van der Waals surface area contributed by atoms with E-state index in [4.69, 9.17) is 9.47 Å². The quantitative estimate of drug-likeness (QED) is 0.668. The summed E-state index contributed by atoms with van der Waals surface area (Å²) in [5.74, 6) is 0.0712. The summed E-state index contributed by atoms with van der Waals surface area (Å²) < 4.78 is 10.9. The van der Waals surface area contributed by atoms with Gasteiger partial charge in [0, 0.05) is 24.8 Å². The Morgan fingerprint density at radius 2 is 2.12 bits per heavy atom. The predicted octanol–water partition coefficient (Wildman–Crippen LogP) is 3.05. The molecule has 0 bridgehead atoms. The van der Waals surface area contributed by atoms with Crippen LogP contribution in [0.15, 0.2) is 18.2 Å². The van der Waals surface area contributed by atoms with Crippen molar-refractivity contribution in [2.45, 2.75) is 45.8 Å². The number of anilines is 1. The van der Waals surface area contributed by atoms with Crippen LogP contribution in [0.4, 0.5) is 5.69 Å². The summed E-state index contributed by atoms with van der Waals surface area (Å²) in [6.45, 7) is 7.44. The van der Waals surface area contributed by atoms with E-state index in [2.05, 4.69) is 10.6 Å². The van der Waals surface area contributed by atoms with Gasteiger partial charge in [0.15, 0.2) is 0 Å². The third-order valence-corrected chi connectivity index (χ3v) is 4.15. The Kier molecular flexibility index (Phi) is 9.95. The number of hydrogen-bond donors (Lipinski definition) is 2. The number of nitrogens with one attached hydrogen (secondary N) is 2. The van der Waals surface area contributed by atoms with Crippen LogP contribution in [0.3, 0.4) is 0 Å². The van der Waals surface area contributed by atoms with E-state index >= 15 is 0 Å². The predicted molar refractivity (Wildman–Crippen MR) is 98.8 cm³/mol. The molecule has 1 atom stereocenters. The highest BCUT2D eigenvalue weighted by atomic mass is 35.5. The zero-order valence-corrected chi connectivity index (χ0v) is 15.4. The Balaban J connectivity index is 0.00000288. The van der Waals surface area contributed by atoms with E-state index in [0.29, 0.717) is 38.9 Å². The maximum Gasteiger partial charge on any atom is 0.225 e. The molecule has 136 valence electrons. The Bertz CT molecular complexity index is 505. The standard InChI is InChI=1S/C18H28N2O3.ClH/c1-3-22-10-11-23-13-15-6-4-8-17(14(15)2)20-18(21)12-16-7-5-9-19-16;/h4,6,8,16,19H,3,5,7,9-13H2,1-2H3,(H,20,21);1H. The van der Waals surface area contributed by atoms with Crippen LogP contribution in [0.1, 0.15) is 37.3 Å². The molecule has 0 aromatic heterocycles. The van der Waals surface area contributed by atoms with Crippen molar-refractivity contribution < 1.29 is 14.3 Å². The van der Waals surface area contributed by atoms with E-state index in [1.807, 2.05) is 32.0 Å². The molecule has 24 heavy (non-hydrogen) atoms. The van der Waals surface area contributed by atoms with Gasteiger partial charge >= 0.3 is 0 Å². The topological polar surface area (TPSA) is 59.6 Å². The minimum atomic E-state index is 0. The van der Waals surface area contributed by atoms with Gasteiger partial charge in [0.25, 0.3) is 0 Å². The maximum absolute atomic E-state index is 12.2. The van der Waals surface area contributed by atoms with E-state index in [1.54, 1.807) is 0 Å². The molecule has 1 unspecified atom stereocenters. The number of carbonyl (C=O) groups is 1. The molecule has 1 aromatic carbocycles. The summed E-state index contributed by atoms with van der Waals surface area (Å²) in [6, 6.07) is 6.25. The number of halogens is 1. The second-order valence-corrected chi connectivity index (χ2v) is 5.88. The average molecular weight is 357 g/mol. The average Bonchev–Trinajstić information content (AvgIpc) is 3.03. The van der Waals surface area contributed by atoms with Gasteiger partial charge in [0.1, 0.15) is 0 Å². The first-order valence-corrected chi connectivity index (χ1v) is 8.48. The van der Waals surface area contributed by atoms with Crippen molar-refractivity contribution in [1.82, 2.24) is 5.32 Å². The SMILES string of the molecule is CCOCCOCc1cccc(NC(=O)CC2CCCN2)c1C.Cl. The number of benzene rings is 1. The number of ether oxygens (including phenoxy) is 2. The Hall–Kier alpha value is -1.14. The number of amides is 1. The van der Waals surface area contributed by atoms with E-state index in [9.17, 15) is 4.79 Å². The van der Waals surface area contributed by atoms with E-state index in [-0.39, 0.29) is 18.3 Å². The first-order chi connectivity index (χ1) is 11.2. The van der Waals surface area contributed by atoms with Crippen LogP contribution in [0, 0.1) is 6.92 Å². The zero-order valence-electron chi connectivity index (χ0n) is 14.6. The minimum absolute atomic E-state index is 0. The lowest BCUT2D eigenvalue weighted by Gasteiger charge is -2.14. The number of carbonyl (C=O) groups excluding carboxylic acids is 1. The molecule has 5 nitrogen and oxygen atoms in total. The maximum atomic E-state index is 12.2. The van der Waals surface area contributed by atoms with Gasteiger partial charge < -0.3 is 20.1 Å². The van der Waals surface area contributed by atoms with Crippen LogP contribution in [0.5, 0.6) is 0 Å². The van der Waals surface area contributed by atoms with Crippen LogP contribution < -0.4 is 10.6 Å². The summed E-state index contributed by atoms with van der Waals surface area (Å²) in [4.78, 5) is 12.2. The van der Waals surface area contributed by atoms with Gasteiger partial charge in [-0.2, -0.15) is 0 Å². The third-order valence-electron chi connectivity index (χ3n) is 4.15. The molecule has 1 fully saturated rings. The fraction of sp³-hybridized carbons (Fsp3) is 0.611. The summed E-state index contributed by atoms with van der Waals surface area (Å²) >= 11 is 0. The Labute approximate surface area is 150 Å². The van der Waals surface area contributed by atoms with Crippen molar-refractivity contribution in [2.75, 3.05) is 31.7 Å². The summed E-state index contributed by atoms with van der Waals surface area (Å²) in [7, 11) is 0. The second kappa shape index (κ2) is 11.4. The summed E-state index contributed by atoms with van der Waals surface area (Å²) in [5, 5.41) is 6.38. The van der Waals surface area contributed by atoms with E-state index in [1.165, 1.54) is 0 Å². The van der Waals surface area contributed by atoms with Crippen molar-refractivity contribution in [3.05, 3.63) is 29.3 Å². The van der Waals surface area contributed by atoms with Gasteiger partial charge in [-0.15, -0.1) is 12.4 Å². The van der Waals surface area contributed by atoms with Crippen LogP contribution in [-0.4, -0.2) is 38.3 Å². The van der Waals surface area contributed by atoms with Crippen LogP contribution >= 0.6 is 12.4 Å². The third kappa shape index (κ3) is 6.77. The van der Waals surface area contributed by atoms with Gasteiger partial charge in [-0.05, 0) is 50.4 Å². The lowest BCUT2D eigenvalue weighted by Crippen LogP contribution is -2.27. The normalized spacial score (nSPS) is 16.7. The van der Waals surface area contributed by atoms with E-state index < -0.39 is 0 Å². The number of rotatable bonds is 9. The molecule has 0 radical (unpaired) electrons. The molecule has 2 N–H and O–H groups in total. The molecule has 0 aliphatic carbocycles. The fourth-order valence-corrected chi connectivity index (χ4v) is 2.78. The largest absolute Gasteiger partial charge is 0.379 e. The van der Waals surface area contributed by atoms with Crippen molar-refractivity contribution in [3.63, 3.8) is 0 Å². The Morgan fingerprint density at radius 1 is 1.33 bits per heavy atom. The van der Waals surface area contributed by atoms with E-state index in [0.717, 1.165) is 36.2 Å². The van der Waals surface area contributed by atoms with Crippen molar-refractivity contribution in [1.29, 1.82) is 0 Å². The molecule has 1 heterocycles. The molecular formula is C18H29ClN2O3. The highest BCUT2D eigenvalue weighted by Gasteiger charge is 2.18. The Morgan fingerprint density at radius 3 is 2.83 bits per heavy atom. The monoisotopic (exact) mass is 356 g/mol. The highest BCUT2D eigenvalue weighted by molar-refractivity contribution is 5.92. The smallest absolute Gasteiger partial charge is 0.225 e. The lowest BCUT2D eigenvalue weighted by atomic mass is 10.1. The summed E-state index contributed by atoms with van der Waals surface area (Å²) in [5.41, 5.74) is 3.04. The van der Waals surface area contributed by atoms with Crippen molar-refractivity contribution in [2.24, 2.45) is 0 Å². The second-order valence-electron chi connectivity index (χ2n) is 5.88. The van der Waals surface area contributed by atoms with Gasteiger partial charge in [0.05, 0.1) is 19.8 Å². The molecule has 1 saturated heterocycles.